The lowest BCUT2D eigenvalue weighted by Gasteiger charge is -2.40. The Morgan fingerprint density at radius 3 is 0.643 bits per heavy atom. The fourth-order valence-electron chi connectivity index (χ4n) is 2.24. The van der Waals surface area contributed by atoms with E-state index in [0.29, 0.717) is 0 Å². The molecule has 0 saturated carbocycles. The molecule has 0 aliphatic rings. The van der Waals surface area contributed by atoms with E-state index in [1.165, 1.54) is 0 Å². The van der Waals surface area contributed by atoms with Gasteiger partial charge in [-0.05, 0) is 0 Å². The third kappa shape index (κ3) is 6.55. The number of nitrogens with zero attached hydrogens (tertiary/aromatic N) is 2. The fourth-order valence-corrected chi connectivity index (χ4v) is 2.24. The summed E-state index contributed by atoms with van der Waals surface area (Å²) in [6, 6.07) is -17.0. The normalized spacial score (nSPS) is 18.0. The number of hydrogen-bond donors (Lipinski definition) is 0. The Hall–Kier alpha value is -2.82. The highest BCUT2D eigenvalue weighted by atomic mass is 19.4. The molecule has 2 atom stereocenters. The zero-order valence-electron chi connectivity index (χ0n) is 17.6. The van der Waals surface area contributed by atoms with Crippen LogP contribution >= 0.6 is 0 Å². The van der Waals surface area contributed by atoms with Gasteiger partial charge in [-0.1, -0.05) is 9.80 Å². The highest BCUT2D eigenvalue weighted by Gasteiger charge is 2.88. The summed E-state index contributed by atoms with van der Waals surface area (Å²) in [5.41, 5.74) is -16.6. The van der Waals surface area contributed by atoms with Gasteiger partial charge in [-0.15, -0.1) is 0 Å². The van der Waals surface area contributed by atoms with E-state index in [9.17, 15) is 115 Å². The van der Waals surface area contributed by atoms with Gasteiger partial charge in [0.25, 0.3) is 0 Å². The molecule has 42 heavy (non-hydrogen) atoms. The maximum absolute atomic E-state index is 14.1. The molecular formula is C12F24N2O4. The van der Waals surface area contributed by atoms with Crippen molar-refractivity contribution in [3.05, 3.63) is 0 Å². The van der Waals surface area contributed by atoms with Crippen molar-refractivity contribution in [2.45, 2.75) is 61.0 Å². The average Bonchev–Trinajstić information content (AvgIpc) is 2.62. The molecule has 0 saturated heterocycles. The Morgan fingerprint density at radius 1 is 0.357 bits per heavy atom. The smallest absolute Gasteiger partial charge is 0.243 e. The zero-order chi connectivity index (χ0) is 34.7. The highest BCUT2D eigenvalue weighted by Crippen LogP contribution is 2.55. The second-order valence-electron chi connectivity index (χ2n) is 6.68. The van der Waals surface area contributed by atoms with Crippen LogP contribution in [-0.4, -0.2) is 82.7 Å². The van der Waals surface area contributed by atoms with Crippen molar-refractivity contribution in [3.63, 3.8) is 0 Å². The predicted molar refractivity (Wildman–Crippen MR) is 69.8 cm³/mol. The summed E-state index contributed by atoms with van der Waals surface area (Å²) in [5.74, 6) is -10.6. The minimum atomic E-state index is -8.49. The van der Waals surface area contributed by atoms with E-state index >= 15 is 0 Å². The second kappa shape index (κ2) is 10.4. The largest absolute Gasteiger partial charge is 0.472 e. The highest BCUT2D eigenvalue weighted by molar-refractivity contribution is 5.85. The predicted octanol–water partition coefficient (Wildman–Crippen LogP) is 6.40. The molecule has 0 aromatic heterocycles. The van der Waals surface area contributed by atoms with Gasteiger partial charge >= 0.3 is 72.9 Å². The standard InChI is InChI=1S/C12F24N2O4/c13-3(5(15,16)17,7(21,22)37(9(25,26)27)10(28,29)30)1(39)41-42-2(40)4(14,6(18,19)20)8(23,24)38(11(31,32)33)12(34,35)36. The maximum Gasteiger partial charge on any atom is 0.472 e. The molecule has 0 aliphatic carbocycles. The number of carbonyl (C=O) groups excluding carboxylic acids is 2. The molecule has 0 aliphatic heterocycles. The van der Waals surface area contributed by atoms with E-state index in [-0.39, 0.29) is 0 Å². The number of rotatable bonds is 6. The first-order valence-electron chi connectivity index (χ1n) is 8.36. The third-order valence-corrected chi connectivity index (χ3v) is 3.94. The van der Waals surface area contributed by atoms with Gasteiger partial charge in [-0.3, -0.25) is 0 Å². The van der Waals surface area contributed by atoms with Crippen LogP contribution in [0.5, 0.6) is 0 Å². The van der Waals surface area contributed by atoms with Crippen LogP contribution < -0.4 is 0 Å². The summed E-state index contributed by atoms with van der Waals surface area (Å²) < 4.78 is 309. The van der Waals surface area contributed by atoms with E-state index in [2.05, 4.69) is 0 Å². The molecule has 2 unspecified atom stereocenters. The molecule has 0 bridgehead atoms. The SMILES string of the molecule is O=C(OOC(=O)C(F)(C(F)(F)F)C(F)(F)N(C(F)(F)F)C(F)(F)F)C(F)(C(F)(F)F)C(F)(F)N(C(F)(F)F)C(F)(F)F. The maximum atomic E-state index is 14.1. The molecule has 0 N–H and O–H groups in total. The Morgan fingerprint density at radius 2 is 0.524 bits per heavy atom. The Labute approximate surface area is 209 Å². The average molecular weight is 692 g/mol. The number of carbonyl (C=O) groups is 2. The van der Waals surface area contributed by atoms with Crippen LogP contribution in [-0.2, 0) is 19.4 Å². The quantitative estimate of drug-likeness (QED) is 0.139. The zero-order valence-corrected chi connectivity index (χ0v) is 17.6. The fraction of sp³-hybridized carbons (Fsp3) is 0.833. The lowest BCUT2D eigenvalue weighted by Crippen LogP contribution is -2.73. The molecule has 0 rings (SSSR count). The lowest BCUT2D eigenvalue weighted by atomic mass is 10.0. The molecule has 30 heteroatoms. The van der Waals surface area contributed by atoms with Gasteiger partial charge in [0.2, 0.25) is 0 Å². The summed E-state index contributed by atoms with van der Waals surface area (Å²) in [7, 11) is 0. The number of alkyl halides is 24. The van der Waals surface area contributed by atoms with Crippen molar-refractivity contribution < 1.29 is 125 Å². The van der Waals surface area contributed by atoms with Gasteiger partial charge in [0, 0.05) is 0 Å². The molecule has 250 valence electrons. The van der Waals surface area contributed by atoms with Crippen LogP contribution in [0.4, 0.5) is 105 Å². The lowest BCUT2D eigenvalue weighted by molar-refractivity contribution is -0.476. The van der Waals surface area contributed by atoms with Gasteiger partial charge in [0.05, 0.1) is 0 Å². The van der Waals surface area contributed by atoms with Gasteiger partial charge in [0.15, 0.2) is 0 Å². The number of halogens is 24. The number of hydrogen-bond acceptors (Lipinski definition) is 6. The van der Waals surface area contributed by atoms with Gasteiger partial charge in [-0.25, -0.2) is 28.1 Å². The van der Waals surface area contributed by atoms with Crippen LogP contribution in [0.25, 0.3) is 0 Å². The molecule has 0 spiro atoms. The molecule has 0 radical (unpaired) electrons. The van der Waals surface area contributed by atoms with Crippen molar-refractivity contribution in [3.8, 4) is 0 Å². The summed E-state index contributed by atoms with van der Waals surface area (Å²) in [6.07, 6.45) is -48.0. The topological polar surface area (TPSA) is 59.1 Å². The monoisotopic (exact) mass is 692 g/mol. The minimum Gasteiger partial charge on any atom is -0.243 e. The Balaban J connectivity index is 7.04. The van der Waals surface area contributed by atoms with Gasteiger partial charge < -0.3 is 0 Å². The van der Waals surface area contributed by atoms with Crippen molar-refractivity contribution in [2.24, 2.45) is 0 Å². The summed E-state index contributed by atoms with van der Waals surface area (Å²) in [5, 5.41) is 0. The van der Waals surface area contributed by atoms with Crippen LogP contribution in [0, 0.1) is 0 Å². The molecule has 0 aromatic carbocycles. The minimum absolute atomic E-state index is 1.77. The summed E-state index contributed by atoms with van der Waals surface area (Å²) >= 11 is 0. The summed E-state index contributed by atoms with van der Waals surface area (Å²) in [4.78, 5) is 16.4. The van der Waals surface area contributed by atoms with Crippen LogP contribution in [0.1, 0.15) is 0 Å². The van der Waals surface area contributed by atoms with E-state index in [1.807, 2.05) is 0 Å². The molecule has 0 fully saturated rings. The first-order valence-corrected chi connectivity index (χ1v) is 8.36. The first-order chi connectivity index (χ1) is 17.8. The molecule has 0 heterocycles. The van der Waals surface area contributed by atoms with Crippen molar-refractivity contribution in [1.82, 2.24) is 9.80 Å². The van der Waals surface area contributed by atoms with Gasteiger partial charge in [-0.2, -0.15) is 96.6 Å². The Kier molecular flexibility index (Phi) is 9.72. The first kappa shape index (κ1) is 39.2. The van der Waals surface area contributed by atoms with E-state index in [0.717, 1.165) is 0 Å². The summed E-state index contributed by atoms with van der Waals surface area (Å²) in [6.45, 7) is 0. The molecular weight excluding hydrogens is 692 g/mol. The van der Waals surface area contributed by atoms with Gasteiger partial charge in [0.1, 0.15) is 0 Å². The van der Waals surface area contributed by atoms with Crippen molar-refractivity contribution >= 4 is 11.9 Å². The third-order valence-electron chi connectivity index (χ3n) is 3.94. The van der Waals surface area contributed by atoms with Crippen molar-refractivity contribution in [2.75, 3.05) is 0 Å². The van der Waals surface area contributed by atoms with E-state index in [1.54, 1.807) is 9.78 Å². The van der Waals surface area contributed by atoms with Crippen molar-refractivity contribution in [1.29, 1.82) is 0 Å². The van der Waals surface area contributed by atoms with E-state index in [4.69, 9.17) is 0 Å². The van der Waals surface area contributed by atoms with E-state index < -0.39 is 82.7 Å². The molecule has 0 amide bonds. The molecule has 6 nitrogen and oxygen atoms in total. The second-order valence-corrected chi connectivity index (χ2v) is 6.68. The molecule has 0 aromatic rings. The van der Waals surface area contributed by atoms with Crippen LogP contribution in [0.15, 0.2) is 0 Å². The van der Waals surface area contributed by atoms with Crippen LogP contribution in [0.3, 0.4) is 0 Å². The van der Waals surface area contributed by atoms with Crippen LogP contribution in [0.2, 0.25) is 0 Å². The Bertz CT molecular complexity index is 894.